The number of rotatable bonds is 3. The number of aromatic nitrogens is 1. The Morgan fingerprint density at radius 3 is 2.94 bits per heavy atom. The summed E-state index contributed by atoms with van der Waals surface area (Å²) in [6.45, 7) is 3.04. The molecule has 2 rings (SSSR count). The summed E-state index contributed by atoms with van der Waals surface area (Å²) >= 11 is 1.32. The quantitative estimate of drug-likeness (QED) is 0.879. The van der Waals surface area contributed by atoms with Crippen molar-refractivity contribution < 1.29 is 9.90 Å². The van der Waals surface area contributed by atoms with Crippen molar-refractivity contribution in [3.8, 4) is 0 Å². The zero-order valence-corrected chi connectivity index (χ0v) is 10.4. The summed E-state index contributed by atoms with van der Waals surface area (Å²) in [6.07, 6.45) is 2.95. The molecule has 0 saturated carbocycles. The van der Waals surface area contributed by atoms with Crippen molar-refractivity contribution >= 4 is 17.3 Å². The van der Waals surface area contributed by atoms with E-state index in [2.05, 4.69) is 9.88 Å². The fourth-order valence-electron chi connectivity index (χ4n) is 2.16. The minimum Gasteiger partial charge on any atom is -0.477 e. The zero-order chi connectivity index (χ0) is 11.7. The van der Waals surface area contributed by atoms with E-state index in [9.17, 15) is 9.90 Å². The number of thiazole rings is 1. The zero-order valence-electron chi connectivity index (χ0n) is 9.56. The van der Waals surface area contributed by atoms with E-state index in [4.69, 9.17) is 0 Å². The van der Waals surface area contributed by atoms with E-state index in [1.54, 1.807) is 0 Å². The molecule has 1 saturated heterocycles. The number of hydrogen-bond donors (Lipinski definition) is 1. The van der Waals surface area contributed by atoms with Gasteiger partial charge < -0.3 is 5.11 Å². The first kappa shape index (κ1) is 11.5. The molecular formula is C11H16N2O2S. The van der Waals surface area contributed by atoms with Crippen LogP contribution in [0.4, 0.5) is 0 Å². The average molecular weight is 240 g/mol. The molecule has 5 heteroatoms. The Kier molecular flexibility index (Phi) is 3.25. The molecule has 2 heterocycles. The first-order valence-corrected chi connectivity index (χ1v) is 6.38. The van der Waals surface area contributed by atoms with E-state index in [0.29, 0.717) is 4.88 Å². The second-order valence-electron chi connectivity index (χ2n) is 4.12. The standard InChI is InChI=1S/C11H16N2O2S/c1-3-8-12-9(10(16-8)11(14)15)7-5-4-6-13(7)2/h7H,3-6H2,1-2H3,(H,14,15). The van der Waals surface area contributed by atoms with Gasteiger partial charge in [0.2, 0.25) is 0 Å². The highest BCUT2D eigenvalue weighted by Crippen LogP contribution is 2.34. The summed E-state index contributed by atoms with van der Waals surface area (Å²) in [7, 11) is 2.04. The number of aromatic carboxylic acids is 1. The molecule has 1 aliphatic heterocycles. The van der Waals surface area contributed by atoms with E-state index in [1.807, 2.05) is 14.0 Å². The first-order valence-electron chi connectivity index (χ1n) is 5.56. The Morgan fingerprint density at radius 1 is 1.69 bits per heavy atom. The maximum absolute atomic E-state index is 11.2. The normalized spacial score (nSPS) is 21.5. The number of carboxylic acid groups (broad SMARTS) is 1. The molecule has 1 aliphatic rings. The SMILES string of the molecule is CCc1nc(C2CCCN2C)c(C(=O)O)s1. The monoisotopic (exact) mass is 240 g/mol. The van der Waals surface area contributed by atoms with E-state index >= 15 is 0 Å². The van der Waals surface area contributed by atoms with Crippen molar-refractivity contribution in [3.05, 3.63) is 15.6 Å². The van der Waals surface area contributed by atoms with Gasteiger partial charge in [-0.1, -0.05) is 6.92 Å². The van der Waals surface area contributed by atoms with Crippen LogP contribution >= 0.6 is 11.3 Å². The molecule has 0 amide bonds. The predicted octanol–water partition coefficient (Wildman–Crippen LogP) is 2.17. The van der Waals surface area contributed by atoms with Gasteiger partial charge in [0.15, 0.2) is 0 Å². The van der Waals surface area contributed by atoms with E-state index in [-0.39, 0.29) is 6.04 Å². The lowest BCUT2D eigenvalue weighted by Crippen LogP contribution is -2.19. The highest BCUT2D eigenvalue weighted by atomic mass is 32.1. The van der Waals surface area contributed by atoms with Gasteiger partial charge >= 0.3 is 5.97 Å². The predicted molar refractivity (Wildman–Crippen MR) is 63.1 cm³/mol. The van der Waals surface area contributed by atoms with Gasteiger partial charge in [-0.05, 0) is 32.9 Å². The summed E-state index contributed by atoms with van der Waals surface area (Å²) in [5, 5.41) is 10.1. The van der Waals surface area contributed by atoms with E-state index < -0.39 is 5.97 Å². The van der Waals surface area contributed by atoms with Gasteiger partial charge in [-0.15, -0.1) is 11.3 Å². The minimum absolute atomic E-state index is 0.197. The van der Waals surface area contributed by atoms with Crippen LogP contribution in [0.25, 0.3) is 0 Å². The largest absolute Gasteiger partial charge is 0.477 e. The Labute approximate surface area is 98.9 Å². The van der Waals surface area contributed by atoms with Crippen molar-refractivity contribution in [2.45, 2.75) is 32.2 Å². The molecule has 0 radical (unpaired) electrons. The van der Waals surface area contributed by atoms with Crippen LogP contribution in [0.15, 0.2) is 0 Å². The summed E-state index contributed by atoms with van der Waals surface area (Å²) in [5.41, 5.74) is 0.773. The Balaban J connectivity index is 2.37. The van der Waals surface area contributed by atoms with Gasteiger partial charge in [-0.2, -0.15) is 0 Å². The fraction of sp³-hybridized carbons (Fsp3) is 0.636. The van der Waals surface area contributed by atoms with Gasteiger partial charge in [0.25, 0.3) is 0 Å². The molecule has 1 aromatic heterocycles. The third kappa shape index (κ3) is 1.97. The van der Waals surface area contributed by atoms with Crippen LogP contribution in [-0.2, 0) is 6.42 Å². The van der Waals surface area contributed by atoms with Gasteiger partial charge in [0.1, 0.15) is 4.88 Å². The van der Waals surface area contributed by atoms with Crippen molar-refractivity contribution in [2.24, 2.45) is 0 Å². The Bertz CT molecular complexity index is 403. The maximum Gasteiger partial charge on any atom is 0.347 e. The molecular weight excluding hydrogens is 224 g/mol. The molecule has 4 nitrogen and oxygen atoms in total. The number of aryl methyl sites for hydroxylation is 1. The number of carbonyl (C=O) groups is 1. The minimum atomic E-state index is -0.840. The third-order valence-electron chi connectivity index (χ3n) is 3.03. The second-order valence-corrected chi connectivity index (χ2v) is 5.20. The smallest absolute Gasteiger partial charge is 0.347 e. The molecule has 0 aromatic carbocycles. The highest BCUT2D eigenvalue weighted by Gasteiger charge is 2.30. The molecule has 0 aliphatic carbocycles. The summed E-state index contributed by atoms with van der Waals surface area (Å²) in [6, 6.07) is 0.197. The highest BCUT2D eigenvalue weighted by molar-refractivity contribution is 7.13. The van der Waals surface area contributed by atoms with Crippen LogP contribution in [0, 0.1) is 0 Å². The van der Waals surface area contributed by atoms with Crippen LogP contribution in [-0.4, -0.2) is 34.6 Å². The van der Waals surface area contributed by atoms with E-state index in [0.717, 1.165) is 36.5 Å². The maximum atomic E-state index is 11.2. The molecule has 1 unspecified atom stereocenters. The molecule has 1 fully saturated rings. The Morgan fingerprint density at radius 2 is 2.44 bits per heavy atom. The van der Waals surface area contributed by atoms with Gasteiger partial charge in [-0.3, -0.25) is 4.90 Å². The lowest BCUT2D eigenvalue weighted by molar-refractivity contribution is 0.0699. The molecule has 1 N–H and O–H groups in total. The van der Waals surface area contributed by atoms with Crippen LogP contribution in [0.3, 0.4) is 0 Å². The van der Waals surface area contributed by atoms with Crippen LogP contribution < -0.4 is 0 Å². The van der Waals surface area contributed by atoms with Crippen LogP contribution in [0.1, 0.15) is 46.2 Å². The number of hydrogen-bond acceptors (Lipinski definition) is 4. The van der Waals surface area contributed by atoms with Crippen molar-refractivity contribution in [3.63, 3.8) is 0 Å². The average Bonchev–Trinajstić information content (AvgIpc) is 2.82. The van der Waals surface area contributed by atoms with Crippen molar-refractivity contribution in [2.75, 3.05) is 13.6 Å². The van der Waals surface area contributed by atoms with Crippen LogP contribution in [0.2, 0.25) is 0 Å². The van der Waals surface area contributed by atoms with Crippen molar-refractivity contribution in [1.29, 1.82) is 0 Å². The number of likely N-dealkylation sites (tertiary alicyclic amines) is 1. The van der Waals surface area contributed by atoms with E-state index in [1.165, 1.54) is 11.3 Å². The topological polar surface area (TPSA) is 53.4 Å². The Hall–Kier alpha value is -0.940. The number of nitrogens with zero attached hydrogens (tertiary/aromatic N) is 2. The molecule has 1 aromatic rings. The lowest BCUT2D eigenvalue weighted by Gasteiger charge is -2.17. The number of carboxylic acids is 1. The summed E-state index contributed by atoms with van der Waals surface area (Å²) in [4.78, 5) is 18.3. The molecule has 1 atom stereocenters. The van der Waals surface area contributed by atoms with Gasteiger partial charge in [-0.25, -0.2) is 9.78 Å². The lowest BCUT2D eigenvalue weighted by atomic mass is 10.1. The second kappa shape index (κ2) is 4.51. The molecule has 0 bridgehead atoms. The summed E-state index contributed by atoms with van der Waals surface area (Å²) < 4.78 is 0. The first-order chi connectivity index (χ1) is 7.63. The van der Waals surface area contributed by atoms with Gasteiger partial charge in [0, 0.05) is 0 Å². The van der Waals surface area contributed by atoms with Gasteiger partial charge in [0.05, 0.1) is 16.7 Å². The van der Waals surface area contributed by atoms with Crippen molar-refractivity contribution in [1.82, 2.24) is 9.88 Å². The third-order valence-corrected chi connectivity index (χ3v) is 4.23. The molecule has 0 spiro atoms. The van der Waals surface area contributed by atoms with Crippen LogP contribution in [0.5, 0.6) is 0 Å². The molecule has 16 heavy (non-hydrogen) atoms. The molecule has 88 valence electrons. The fourth-order valence-corrected chi connectivity index (χ4v) is 3.06. The summed E-state index contributed by atoms with van der Waals surface area (Å²) in [5.74, 6) is -0.840.